The molecule has 0 bridgehead atoms. The van der Waals surface area contributed by atoms with Gasteiger partial charge in [-0.15, -0.1) is 11.3 Å². The first-order valence-corrected chi connectivity index (χ1v) is 12.8. The largest absolute Gasteiger partial charge is 0.497 e. The van der Waals surface area contributed by atoms with E-state index in [1.54, 1.807) is 18.4 Å². The fraction of sp³-hybridized carbons (Fsp3) is 0.462. The lowest BCUT2D eigenvalue weighted by molar-refractivity contribution is 0.0639. The predicted octanol–water partition coefficient (Wildman–Crippen LogP) is 5.97. The molecule has 1 atom stereocenters. The Kier molecular flexibility index (Phi) is 6.51. The number of nitrogens with zero attached hydrogens (tertiary/aromatic N) is 2. The molecule has 1 saturated heterocycles. The van der Waals surface area contributed by atoms with E-state index in [2.05, 4.69) is 22.2 Å². The lowest BCUT2D eigenvalue weighted by Crippen LogP contribution is -2.34. The maximum Gasteiger partial charge on any atom is 0.255 e. The minimum atomic E-state index is -0.181. The standard InChI is InChI=1S/C26H31N3O3S/c1-17-21(25(30)28-24-9-6-14-32-24)15-23(29(17)19-7-4-3-5-8-19)22-16-33-26(27-22)18-10-12-20(31-2)13-11-18/h10-13,15-16,19,24H,3-9,14H2,1-2H3,(H,28,30). The van der Waals surface area contributed by atoms with Crippen molar-refractivity contribution >= 4 is 17.2 Å². The zero-order chi connectivity index (χ0) is 22.8. The molecule has 1 aromatic carbocycles. The highest BCUT2D eigenvalue weighted by molar-refractivity contribution is 7.13. The average Bonchev–Trinajstić information content (AvgIpc) is 3.60. The molecule has 0 radical (unpaired) electrons. The Morgan fingerprint density at radius 2 is 1.94 bits per heavy atom. The molecule has 7 heteroatoms. The molecule has 2 fully saturated rings. The van der Waals surface area contributed by atoms with Gasteiger partial charge in [-0.05, 0) is 62.9 Å². The molecule has 1 amide bonds. The molecular weight excluding hydrogens is 434 g/mol. The summed E-state index contributed by atoms with van der Waals surface area (Å²) in [7, 11) is 1.67. The molecule has 3 aromatic rings. The highest BCUT2D eigenvalue weighted by Gasteiger charge is 2.27. The molecule has 2 aromatic heterocycles. The normalized spacial score (nSPS) is 19.0. The van der Waals surface area contributed by atoms with Gasteiger partial charge in [0.1, 0.15) is 17.0 Å². The van der Waals surface area contributed by atoms with Crippen LogP contribution in [0.4, 0.5) is 0 Å². The average molecular weight is 466 g/mol. The first kappa shape index (κ1) is 22.2. The van der Waals surface area contributed by atoms with Gasteiger partial charge in [0.25, 0.3) is 5.91 Å². The van der Waals surface area contributed by atoms with Crippen molar-refractivity contribution < 1.29 is 14.3 Å². The van der Waals surface area contributed by atoms with E-state index < -0.39 is 0 Å². The van der Waals surface area contributed by atoms with E-state index in [1.807, 2.05) is 30.3 Å². The molecule has 5 rings (SSSR count). The van der Waals surface area contributed by atoms with Crippen LogP contribution < -0.4 is 10.1 Å². The number of carbonyl (C=O) groups excluding carboxylic acids is 1. The van der Waals surface area contributed by atoms with Crippen molar-refractivity contribution in [2.75, 3.05) is 13.7 Å². The highest BCUT2D eigenvalue weighted by Crippen LogP contribution is 2.38. The summed E-state index contributed by atoms with van der Waals surface area (Å²) in [6.07, 6.45) is 7.72. The van der Waals surface area contributed by atoms with E-state index in [0.29, 0.717) is 12.6 Å². The number of amides is 1. The first-order valence-electron chi connectivity index (χ1n) is 11.9. The highest BCUT2D eigenvalue weighted by atomic mass is 32.1. The van der Waals surface area contributed by atoms with Gasteiger partial charge in [0.2, 0.25) is 0 Å². The fourth-order valence-corrected chi connectivity index (χ4v) is 5.85. The molecule has 1 saturated carbocycles. The van der Waals surface area contributed by atoms with E-state index in [0.717, 1.165) is 64.6 Å². The van der Waals surface area contributed by atoms with Crippen LogP contribution in [0.2, 0.25) is 0 Å². The Morgan fingerprint density at radius 1 is 1.15 bits per heavy atom. The molecule has 2 aliphatic rings. The second-order valence-corrected chi connectivity index (χ2v) is 9.79. The number of carbonyl (C=O) groups is 1. The van der Waals surface area contributed by atoms with Crippen molar-refractivity contribution in [1.29, 1.82) is 0 Å². The molecule has 3 heterocycles. The third-order valence-corrected chi connectivity index (χ3v) is 7.69. The zero-order valence-corrected chi connectivity index (χ0v) is 20.1. The van der Waals surface area contributed by atoms with Crippen LogP contribution in [0.5, 0.6) is 5.75 Å². The van der Waals surface area contributed by atoms with Crippen LogP contribution >= 0.6 is 11.3 Å². The molecule has 33 heavy (non-hydrogen) atoms. The number of hydrogen-bond acceptors (Lipinski definition) is 5. The molecule has 1 aliphatic heterocycles. The predicted molar refractivity (Wildman–Crippen MR) is 131 cm³/mol. The number of benzene rings is 1. The molecular formula is C26H31N3O3S. The maximum absolute atomic E-state index is 13.2. The van der Waals surface area contributed by atoms with E-state index in [9.17, 15) is 4.79 Å². The third-order valence-electron chi connectivity index (χ3n) is 6.80. The van der Waals surface area contributed by atoms with Crippen LogP contribution in [0.25, 0.3) is 22.0 Å². The van der Waals surface area contributed by atoms with Crippen LogP contribution in [0.15, 0.2) is 35.7 Å². The monoisotopic (exact) mass is 465 g/mol. The SMILES string of the molecule is COc1ccc(-c2nc(-c3cc(C(=O)NC4CCCO4)c(C)n3C3CCCCC3)cs2)cc1. The number of aromatic nitrogens is 2. The number of hydrogen-bond donors (Lipinski definition) is 1. The van der Waals surface area contributed by atoms with Gasteiger partial charge < -0.3 is 19.4 Å². The topological polar surface area (TPSA) is 65.4 Å². The van der Waals surface area contributed by atoms with Crippen LogP contribution in [0.3, 0.4) is 0 Å². The third kappa shape index (κ3) is 4.57. The van der Waals surface area contributed by atoms with Gasteiger partial charge >= 0.3 is 0 Å². The van der Waals surface area contributed by atoms with Crippen molar-refractivity contribution in [3.8, 4) is 27.7 Å². The van der Waals surface area contributed by atoms with Gasteiger partial charge in [0.15, 0.2) is 0 Å². The second kappa shape index (κ2) is 9.69. The second-order valence-electron chi connectivity index (χ2n) is 8.93. The quantitative estimate of drug-likeness (QED) is 0.487. The summed E-state index contributed by atoms with van der Waals surface area (Å²) >= 11 is 1.63. The van der Waals surface area contributed by atoms with Crippen LogP contribution in [0.1, 0.15) is 67.0 Å². The summed E-state index contributed by atoms with van der Waals surface area (Å²) < 4.78 is 13.3. The van der Waals surface area contributed by atoms with Crippen molar-refractivity contribution in [2.45, 2.75) is 64.1 Å². The molecule has 0 spiro atoms. The van der Waals surface area contributed by atoms with Gasteiger partial charge in [0.05, 0.1) is 24.1 Å². The summed E-state index contributed by atoms with van der Waals surface area (Å²) in [4.78, 5) is 18.1. The van der Waals surface area contributed by atoms with Gasteiger partial charge in [-0.3, -0.25) is 4.79 Å². The van der Waals surface area contributed by atoms with Crippen LogP contribution in [-0.2, 0) is 4.74 Å². The molecule has 1 aliphatic carbocycles. The Hall–Kier alpha value is -2.64. The molecule has 1 N–H and O–H groups in total. The zero-order valence-electron chi connectivity index (χ0n) is 19.3. The van der Waals surface area contributed by atoms with Crippen molar-refractivity contribution in [2.24, 2.45) is 0 Å². The summed E-state index contributed by atoms with van der Waals surface area (Å²) in [6.45, 7) is 2.78. The lowest BCUT2D eigenvalue weighted by atomic mass is 9.95. The number of nitrogens with one attached hydrogen (secondary N) is 1. The lowest BCUT2D eigenvalue weighted by Gasteiger charge is -2.27. The smallest absolute Gasteiger partial charge is 0.255 e. The van der Waals surface area contributed by atoms with E-state index >= 15 is 0 Å². The van der Waals surface area contributed by atoms with Crippen LogP contribution in [0, 0.1) is 6.92 Å². The van der Waals surface area contributed by atoms with Crippen molar-refractivity contribution in [1.82, 2.24) is 14.9 Å². The Labute approximate surface area is 198 Å². The van der Waals surface area contributed by atoms with Gasteiger partial charge in [0, 0.05) is 29.3 Å². The Morgan fingerprint density at radius 3 is 2.64 bits per heavy atom. The molecule has 6 nitrogen and oxygen atoms in total. The van der Waals surface area contributed by atoms with Crippen LogP contribution in [-0.4, -0.2) is 35.4 Å². The number of thiazole rings is 1. The van der Waals surface area contributed by atoms with Gasteiger partial charge in [-0.25, -0.2) is 4.98 Å². The minimum absolute atomic E-state index is 0.0548. The minimum Gasteiger partial charge on any atom is -0.497 e. The number of rotatable bonds is 6. The van der Waals surface area contributed by atoms with Crippen molar-refractivity contribution in [3.05, 3.63) is 47.0 Å². The van der Waals surface area contributed by atoms with E-state index in [1.165, 1.54) is 19.3 Å². The van der Waals surface area contributed by atoms with Crippen molar-refractivity contribution in [3.63, 3.8) is 0 Å². The summed E-state index contributed by atoms with van der Waals surface area (Å²) in [5.74, 6) is 0.778. The number of methoxy groups -OCH3 is 1. The summed E-state index contributed by atoms with van der Waals surface area (Å²) in [5.41, 5.74) is 4.77. The van der Waals surface area contributed by atoms with E-state index in [-0.39, 0.29) is 12.1 Å². The van der Waals surface area contributed by atoms with Gasteiger partial charge in [-0.2, -0.15) is 0 Å². The Bertz CT molecular complexity index is 1110. The Balaban J connectivity index is 1.50. The fourth-order valence-electron chi connectivity index (χ4n) is 5.03. The summed E-state index contributed by atoms with van der Waals surface area (Å²) in [6, 6.07) is 10.4. The maximum atomic E-state index is 13.2. The molecule has 174 valence electrons. The number of ether oxygens (including phenoxy) is 2. The van der Waals surface area contributed by atoms with E-state index in [4.69, 9.17) is 14.5 Å². The summed E-state index contributed by atoms with van der Waals surface area (Å²) in [5, 5.41) is 6.14. The first-order chi connectivity index (χ1) is 16.1. The molecule has 1 unspecified atom stereocenters. The van der Waals surface area contributed by atoms with Gasteiger partial charge in [-0.1, -0.05) is 19.3 Å².